The average molecular weight is 495 g/mol. The van der Waals surface area contributed by atoms with E-state index in [-0.39, 0.29) is 30.2 Å². The Kier molecular flexibility index (Phi) is 7.27. The normalized spacial score (nSPS) is 12.2. The first-order chi connectivity index (χ1) is 15.4. The molecule has 1 aromatic heterocycles. The number of esters is 1. The van der Waals surface area contributed by atoms with Gasteiger partial charge in [-0.05, 0) is 50.6 Å². The fourth-order valence-electron chi connectivity index (χ4n) is 3.56. The number of rotatable bonds is 9. The molecule has 0 aliphatic heterocycles. The van der Waals surface area contributed by atoms with Crippen LogP contribution < -0.4 is 5.14 Å². The molecule has 2 aromatic carbocycles. The summed E-state index contributed by atoms with van der Waals surface area (Å²) < 4.78 is 60.5. The lowest BCUT2D eigenvalue weighted by atomic mass is 10.1. The minimum atomic E-state index is -4.01. The molecule has 0 saturated heterocycles. The van der Waals surface area contributed by atoms with Gasteiger partial charge in [0.2, 0.25) is 10.0 Å². The van der Waals surface area contributed by atoms with Gasteiger partial charge in [-0.1, -0.05) is 29.3 Å². The first kappa shape index (κ1) is 24.9. The van der Waals surface area contributed by atoms with Gasteiger partial charge in [-0.3, -0.25) is 4.18 Å². The number of ether oxygens (including phenoxy) is 1. The Bertz CT molecular complexity index is 1390. The molecule has 3 rings (SSSR count). The molecule has 2 N–H and O–H groups in total. The first-order valence-corrected chi connectivity index (χ1v) is 13.3. The predicted octanol–water partition coefficient (Wildman–Crippen LogP) is 2.63. The van der Waals surface area contributed by atoms with Crippen molar-refractivity contribution in [2.24, 2.45) is 5.14 Å². The molecule has 0 amide bonds. The highest BCUT2D eigenvalue weighted by atomic mass is 32.2. The Morgan fingerprint density at radius 1 is 1.00 bits per heavy atom. The highest BCUT2D eigenvalue weighted by Gasteiger charge is 2.26. The van der Waals surface area contributed by atoms with E-state index < -0.39 is 32.0 Å². The van der Waals surface area contributed by atoms with Gasteiger partial charge in [0.05, 0.1) is 23.6 Å². The summed E-state index contributed by atoms with van der Waals surface area (Å²) in [6.07, 6.45) is 0.0246. The molecule has 0 fully saturated rings. The number of benzene rings is 2. The van der Waals surface area contributed by atoms with E-state index in [1.165, 1.54) is 16.7 Å². The maximum atomic E-state index is 12.8. The molecule has 0 aliphatic carbocycles. The number of hydrogen-bond donors (Lipinski definition) is 1. The second kappa shape index (κ2) is 9.64. The molecule has 9 nitrogen and oxygen atoms in total. The van der Waals surface area contributed by atoms with Gasteiger partial charge >= 0.3 is 5.97 Å². The average Bonchev–Trinajstić information content (AvgIpc) is 2.99. The molecular formula is C22H26N2O7S2. The van der Waals surface area contributed by atoms with Crippen LogP contribution >= 0.6 is 0 Å². The van der Waals surface area contributed by atoms with Crippen LogP contribution in [0.2, 0.25) is 0 Å². The topological polar surface area (TPSA) is 135 Å². The Morgan fingerprint density at radius 2 is 1.64 bits per heavy atom. The second-order valence-corrected chi connectivity index (χ2v) is 10.8. The van der Waals surface area contributed by atoms with Gasteiger partial charge in [0.15, 0.2) is 0 Å². The minimum absolute atomic E-state index is 0.00260. The van der Waals surface area contributed by atoms with Crippen molar-refractivity contribution < 1.29 is 30.6 Å². The van der Waals surface area contributed by atoms with Crippen molar-refractivity contribution in [1.82, 2.24) is 4.57 Å². The maximum Gasteiger partial charge on any atom is 0.355 e. The summed E-state index contributed by atoms with van der Waals surface area (Å²) in [5.41, 5.74) is 2.68. The zero-order chi connectivity index (χ0) is 24.4. The van der Waals surface area contributed by atoms with Gasteiger partial charge in [-0.25, -0.2) is 18.4 Å². The number of primary sulfonamides is 1. The number of sulfonamides is 1. The van der Waals surface area contributed by atoms with Gasteiger partial charge in [-0.2, -0.15) is 8.42 Å². The van der Waals surface area contributed by atoms with E-state index in [2.05, 4.69) is 0 Å². The van der Waals surface area contributed by atoms with E-state index in [0.717, 1.165) is 11.1 Å². The lowest BCUT2D eigenvalue weighted by molar-refractivity contribution is 0.0514. The Balaban J connectivity index is 2.03. The van der Waals surface area contributed by atoms with E-state index in [1.807, 2.05) is 13.8 Å². The third kappa shape index (κ3) is 5.80. The Morgan fingerprint density at radius 3 is 2.24 bits per heavy atom. The first-order valence-electron chi connectivity index (χ1n) is 10.2. The van der Waals surface area contributed by atoms with Gasteiger partial charge < -0.3 is 9.30 Å². The Hall–Kier alpha value is -2.73. The summed E-state index contributed by atoms with van der Waals surface area (Å²) in [6.45, 7) is 5.14. The van der Waals surface area contributed by atoms with Crippen LogP contribution in [-0.2, 0) is 41.4 Å². The highest BCUT2D eigenvalue weighted by molar-refractivity contribution is 7.88. The minimum Gasteiger partial charge on any atom is -0.461 e. The largest absolute Gasteiger partial charge is 0.461 e. The zero-order valence-corrected chi connectivity index (χ0v) is 20.2. The van der Waals surface area contributed by atoms with Crippen molar-refractivity contribution >= 4 is 37.0 Å². The second-order valence-electron chi connectivity index (χ2n) is 7.63. The molecule has 0 aliphatic rings. The number of nitrogens with zero attached hydrogens (tertiary/aromatic N) is 1. The Labute approximate surface area is 193 Å². The quantitative estimate of drug-likeness (QED) is 0.357. The standard InChI is InChI=1S/C22H26N2O7S2/c1-4-30-22(25)21-18(11-12-31-33(28,29)17-8-5-15(2)6-9-17)19-13-16(3)7-10-20(19)24(21)14-32(23,26)27/h5-10,13H,4,11-12,14H2,1-3H3,(H2,23,26,27). The number of nitrogens with two attached hydrogens (primary N) is 1. The summed E-state index contributed by atoms with van der Waals surface area (Å²) in [5, 5.41) is 5.86. The number of aromatic nitrogens is 1. The number of hydrogen-bond acceptors (Lipinski definition) is 7. The molecule has 0 radical (unpaired) electrons. The SMILES string of the molecule is CCOC(=O)c1c(CCOS(=O)(=O)c2ccc(C)cc2)c2cc(C)ccc2n1CS(N)(=O)=O. The molecule has 0 saturated carbocycles. The van der Waals surface area contributed by atoms with Crippen LogP contribution in [0.1, 0.15) is 34.1 Å². The third-order valence-corrected chi connectivity index (χ3v) is 6.95. The van der Waals surface area contributed by atoms with Gasteiger partial charge in [0, 0.05) is 11.8 Å². The van der Waals surface area contributed by atoms with Crippen LogP contribution in [0.25, 0.3) is 10.9 Å². The van der Waals surface area contributed by atoms with Crippen molar-refractivity contribution in [3.63, 3.8) is 0 Å². The molecule has 33 heavy (non-hydrogen) atoms. The van der Waals surface area contributed by atoms with Crippen molar-refractivity contribution in [2.75, 3.05) is 13.2 Å². The van der Waals surface area contributed by atoms with E-state index in [0.29, 0.717) is 16.5 Å². The van der Waals surface area contributed by atoms with Crippen LogP contribution in [0.3, 0.4) is 0 Å². The van der Waals surface area contributed by atoms with Crippen molar-refractivity contribution in [2.45, 2.75) is 38.0 Å². The molecular weight excluding hydrogens is 468 g/mol. The van der Waals surface area contributed by atoms with Crippen molar-refractivity contribution in [3.8, 4) is 0 Å². The molecule has 0 spiro atoms. The molecule has 3 aromatic rings. The number of aryl methyl sites for hydroxylation is 2. The fourth-order valence-corrected chi connectivity index (χ4v) is 5.10. The smallest absolute Gasteiger partial charge is 0.355 e. The molecule has 1 heterocycles. The number of carbonyl (C=O) groups excluding carboxylic acids is 1. The van der Waals surface area contributed by atoms with E-state index in [1.54, 1.807) is 37.3 Å². The number of fused-ring (bicyclic) bond motifs is 1. The predicted molar refractivity (Wildman–Crippen MR) is 124 cm³/mol. The van der Waals surface area contributed by atoms with Crippen molar-refractivity contribution in [3.05, 3.63) is 64.8 Å². The van der Waals surface area contributed by atoms with Crippen molar-refractivity contribution in [1.29, 1.82) is 0 Å². The van der Waals surface area contributed by atoms with E-state index >= 15 is 0 Å². The van der Waals surface area contributed by atoms with Crippen LogP contribution in [-0.4, -0.2) is 40.6 Å². The van der Waals surface area contributed by atoms with Crippen LogP contribution in [0.5, 0.6) is 0 Å². The summed E-state index contributed by atoms with van der Waals surface area (Å²) >= 11 is 0. The van der Waals surface area contributed by atoms with Gasteiger partial charge in [0.25, 0.3) is 10.1 Å². The summed E-state index contributed by atoms with van der Waals surface area (Å²) in [6, 6.07) is 11.5. The van der Waals surface area contributed by atoms with Crippen LogP contribution in [0.15, 0.2) is 47.4 Å². The fraction of sp³-hybridized carbons (Fsp3) is 0.318. The van der Waals surface area contributed by atoms with Crippen LogP contribution in [0, 0.1) is 13.8 Å². The molecule has 0 bridgehead atoms. The summed E-state index contributed by atoms with van der Waals surface area (Å²) in [4.78, 5) is 12.8. The summed E-state index contributed by atoms with van der Waals surface area (Å²) in [5.74, 6) is -1.37. The van der Waals surface area contributed by atoms with Gasteiger partial charge in [-0.15, -0.1) is 0 Å². The highest BCUT2D eigenvalue weighted by Crippen LogP contribution is 2.29. The lowest BCUT2D eigenvalue weighted by Gasteiger charge is -2.11. The monoisotopic (exact) mass is 494 g/mol. The zero-order valence-electron chi connectivity index (χ0n) is 18.6. The van der Waals surface area contributed by atoms with E-state index in [9.17, 15) is 21.6 Å². The van der Waals surface area contributed by atoms with E-state index in [4.69, 9.17) is 14.1 Å². The third-order valence-electron chi connectivity index (χ3n) is 5.00. The molecule has 0 unspecified atom stereocenters. The molecule has 178 valence electrons. The summed E-state index contributed by atoms with van der Waals surface area (Å²) in [7, 11) is -8.00. The molecule has 11 heteroatoms. The van der Waals surface area contributed by atoms with Crippen LogP contribution in [0.4, 0.5) is 0 Å². The maximum absolute atomic E-state index is 12.8. The molecule has 0 atom stereocenters. The lowest BCUT2D eigenvalue weighted by Crippen LogP contribution is -2.23. The van der Waals surface area contributed by atoms with Gasteiger partial charge in [0.1, 0.15) is 11.6 Å². The number of carbonyl (C=O) groups is 1.